The maximum Gasteiger partial charge on any atom is 0.322 e. The third-order valence-electron chi connectivity index (χ3n) is 6.55. The third kappa shape index (κ3) is 4.56. The second kappa shape index (κ2) is 10.2. The van der Waals surface area contributed by atoms with E-state index in [9.17, 15) is 9.59 Å². The highest BCUT2D eigenvalue weighted by atomic mass is 16.3. The molecule has 1 N–H and O–H groups in total. The van der Waals surface area contributed by atoms with Gasteiger partial charge in [0.25, 0.3) is 0 Å². The fraction of sp³-hybridized carbons (Fsp3) is 0.333. The van der Waals surface area contributed by atoms with Crippen LogP contribution >= 0.6 is 0 Å². The quantitative estimate of drug-likeness (QED) is 0.390. The van der Waals surface area contributed by atoms with E-state index >= 15 is 0 Å². The SMILES string of the molecule is CCN(CC)C(=O)C1CCCCN1C(=O)Nc1ccc2nc(-c3ccco3)c(-c3ccco3)nc2c1. The molecule has 3 amide bonds. The summed E-state index contributed by atoms with van der Waals surface area (Å²) in [6, 6.07) is 11.9. The van der Waals surface area contributed by atoms with E-state index in [4.69, 9.17) is 18.8 Å². The van der Waals surface area contributed by atoms with Crippen LogP contribution in [0.5, 0.6) is 0 Å². The van der Waals surface area contributed by atoms with Crippen LogP contribution in [0.3, 0.4) is 0 Å². The van der Waals surface area contributed by atoms with Crippen LogP contribution < -0.4 is 5.32 Å². The number of benzene rings is 1. The molecule has 36 heavy (non-hydrogen) atoms. The molecule has 1 saturated heterocycles. The predicted octanol–water partition coefficient (Wildman–Crippen LogP) is 5.40. The molecule has 1 aliphatic heterocycles. The molecular weight excluding hydrogens is 458 g/mol. The number of carbonyl (C=O) groups excluding carboxylic acids is 2. The standard InChI is InChI=1S/C27H29N5O4/c1-3-31(4-2)26(33)21-9-5-6-14-32(21)27(34)28-18-12-13-19-20(17-18)30-25(23-11-8-16-36-23)24(29-19)22-10-7-15-35-22/h7-8,10-13,15-17,21H,3-6,9,14H2,1-2H3,(H,28,34). The zero-order valence-corrected chi connectivity index (χ0v) is 20.4. The van der Waals surface area contributed by atoms with Gasteiger partial charge in [-0.15, -0.1) is 0 Å². The number of likely N-dealkylation sites (tertiary alicyclic amines) is 1. The van der Waals surface area contributed by atoms with Gasteiger partial charge in [0, 0.05) is 25.3 Å². The van der Waals surface area contributed by atoms with Gasteiger partial charge in [-0.2, -0.15) is 0 Å². The van der Waals surface area contributed by atoms with Crippen molar-refractivity contribution >= 4 is 28.7 Å². The first-order chi connectivity index (χ1) is 17.6. The Kier molecular flexibility index (Phi) is 6.71. The summed E-state index contributed by atoms with van der Waals surface area (Å²) in [4.78, 5) is 39.3. The van der Waals surface area contributed by atoms with Crippen LogP contribution in [0, 0.1) is 0 Å². The highest BCUT2D eigenvalue weighted by molar-refractivity contribution is 5.96. The third-order valence-corrected chi connectivity index (χ3v) is 6.55. The summed E-state index contributed by atoms with van der Waals surface area (Å²) in [5, 5.41) is 2.97. The largest absolute Gasteiger partial charge is 0.463 e. The number of piperidine rings is 1. The van der Waals surface area contributed by atoms with Gasteiger partial charge in [-0.3, -0.25) is 4.79 Å². The Morgan fingerprint density at radius 3 is 2.25 bits per heavy atom. The van der Waals surface area contributed by atoms with Crippen LogP contribution in [-0.2, 0) is 4.79 Å². The van der Waals surface area contributed by atoms with Crippen molar-refractivity contribution < 1.29 is 18.4 Å². The number of nitrogens with zero attached hydrogens (tertiary/aromatic N) is 4. The maximum absolute atomic E-state index is 13.3. The van der Waals surface area contributed by atoms with E-state index in [2.05, 4.69) is 5.32 Å². The molecule has 0 spiro atoms. The Balaban J connectivity index is 1.44. The van der Waals surface area contributed by atoms with E-state index in [-0.39, 0.29) is 11.9 Å². The average molecular weight is 488 g/mol. The fourth-order valence-electron chi connectivity index (χ4n) is 4.67. The van der Waals surface area contributed by atoms with E-state index in [0.29, 0.717) is 65.7 Å². The number of amides is 3. The molecule has 0 bridgehead atoms. The lowest BCUT2D eigenvalue weighted by molar-refractivity contribution is -0.136. The van der Waals surface area contributed by atoms with Crippen LogP contribution in [0.15, 0.2) is 63.8 Å². The van der Waals surface area contributed by atoms with Crippen LogP contribution in [-0.4, -0.2) is 57.4 Å². The van der Waals surface area contributed by atoms with Crippen molar-refractivity contribution in [2.75, 3.05) is 25.0 Å². The summed E-state index contributed by atoms with van der Waals surface area (Å²) in [5.74, 6) is 1.16. The number of furan rings is 2. The lowest BCUT2D eigenvalue weighted by Gasteiger charge is -2.37. The van der Waals surface area contributed by atoms with Crippen LogP contribution in [0.4, 0.5) is 10.5 Å². The number of nitrogens with one attached hydrogen (secondary N) is 1. The molecule has 4 aromatic rings. The molecule has 0 aliphatic carbocycles. The molecule has 3 aromatic heterocycles. The van der Waals surface area contributed by atoms with Crippen molar-refractivity contribution in [1.82, 2.24) is 19.8 Å². The van der Waals surface area contributed by atoms with Gasteiger partial charge in [0.1, 0.15) is 17.4 Å². The summed E-state index contributed by atoms with van der Waals surface area (Å²) in [7, 11) is 0. The van der Waals surface area contributed by atoms with Crippen molar-refractivity contribution in [3.05, 3.63) is 55.0 Å². The van der Waals surface area contributed by atoms with Gasteiger partial charge in [-0.1, -0.05) is 0 Å². The lowest BCUT2D eigenvalue weighted by Crippen LogP contribution is -2.54. The first kappa shape index (κ1) is 23.6. The molecule has 5 rings (SSSR count). The molecule has 0 radical (unpaired) electrons. The van der Waals surface area contributed by atoms with Crippen LogP contribution in [0.2, 0.25) is 0 Å². The number of hydrogen-bond donors (Lipinski definition) is 1. The number of rotatable bonds is 6. The van der Waals surface area contributed by atoms with E-state index in [1.54, 1.807) is 46.6 Å². The summed E-state index contributed by atoms with van der Waals surface area (Å²) in [6.07, 6.45) is 5.65. The number of aromatic nitrogens is 2. The topological polar surface area (TPSA) is 105 Å². The molecule has 1 atom stereocenters. The monoisotopic (exact) mass is 487 g/mol. The van der Waals surface area contributed by atoms with Crippen LogP contribution in [0.25, 0.3) is 33.9 Å². The molecule has 186 valence electrons. The highest BCUT2D eigenvalue weighted by Gasteiger charge is 2.34. The normalized spacial score (nSPS) is 15.7. The number of hydrogen-bond acceptors (Lipinski definition) is 6. The minimum Gasteiger partial charge on any atom is -0.463 e. The fourth-order valence-corrected chi connectivity index (χ4v) is 4.67. The smallest absolute Gasteiger partial charge is 0.322 e. The van der Waals surface area contributed by atoms with Crippen molar-refractivity contribution in [1.29, 1.82) is 0 Å². The van der Waals surface area contributed by atoms with Crippen molar-refractivity contribution in [3.63, 3.8) is 0 Å². The maximum atomic E-state index is 13.3. The molecular formula is C27H29N5O4. The molecule has 9 nitrogen and oxygen atoms in total. The summed E-state index contributed by atoms with van der Waals surface area (Å²) < 4.78 is 11.2. The first-order valence-corrected chi connectivity index (χ1v) is 12.3. The molecule has 1 aromatic carbocycles. The second-order valence-corrected chi connectivity index (χ2v) is 8.72. The summed E-state index contributed by atoms with van der Waals surface area (Å²) in [6.45, 7) is 5.72. The highest BCUT2D eigenvalue weighted by Crippen LogP contribution is 2.32. The van der Waals surface area contributed by atoms with Crippen molar-refractivity contribution in [3.8, 4) is 22.9 Å². The number of carbonyl (C=O) groups is 2. The molecule has 1 fully saturated rings. The number of fused-ring (bicyclic) bond motifs is 1. The number of anilines is 1. The Hall–Kier alpha value is -4.14. The van der Waals surface area contributed by atoms with Gasteiger partial charge in [0.15, 0.2) is 11.5 Å². The molecule has 0 saturated carbocycles. The molecule has 1 unspecified atom stereocenters. The Bertz CT molecular complexity index is 1350. The zero-order valence-electron chi connectivity index (χ0n) is 20.4. The van der Waals surface area contributed by atoms with E-state index < -0.39 is 6.04 Å². The van der Waals surface area contributed by atoms with Gasteiger partial charge in [0.2, 0.25) is 5.91 Å². The van der Waals surface area contributed by atoms with Gasteiger partial charge in [0.05, 0.1) is 23.6 Å². The first-order valence-electron chi connectivity index (χ1n) is 12.3. The van der Waals surface area contributed by atoms with E-state index in [1.165, 1.54) is 0 Å². The predicted molar refractivity (Wildman–Crippen MR) is 136 cm³/mol. The van der Waals surface area contributed by atoms with E-state index in [1.807, 2.05) is 32.0 Å². The van der Waals surface area contributed by atoms with Gasteiger partial charge in [-0.25, -0.2) is 14.8 Å². The van der Waals surface area contributed by atoms with Crippen molar-refractivity contribution in [2.24, 2.45) is 0 Å². The number of likely N-dealkylation sites (N-methyl/N-ethyl adjacent to an activating group) is 1. The summed E-state index contributed by atoms with van der Waals surface area (Å²) >= 11 is 0. The van der Waals surface area contributed by atoms with Gasteiger partial charge in [-0.05, 0) is 75.6 Å². The minimum atomic E-state index is -0.444. The summed E-state index contributed by atoms with van der Waals surface area (Å²) in [5.41, 5.74) is 2.96. The van der Waals surface area contributed by atoms with Gasteiger partial charge >= 0.3 is 6.03 Å². The second-order valence-electron chi connectivity index (χ2n) is 8.72. The van der Waals surface area contributed by atoms with Crippen molar-refractivity contribution in [2.45, 2.75) is 39.2 Å². The Morgan fingerprint density at radius 1 is 0.972 bits per heavy atom. The minimum absolute atomic E-state index is 0.00720. The average Bonchev–Trinajstić information content (AvgIpc) is 3.63. The zero-order chi connectivity index (χ0) is 25.1. The Morgan fingerprint density at radius 2 is 1.64 bits per heavy atom. The van der Waals surface area contributed by atoms with Crippen LogP contribution in [0.1, 0.15) is 33.1 Å². The van der Waals surface area contributed by atoms with E-state index in [0.717, 1.165) is 12.8 Å². The molecule has 1 aliphatic rings. The molecule has 4 heterocycles. The molecule has 9 heteroatoms. The number of urea groups is 1. The lowest BCUT2D eigenvalue weighted by atomic mass is 10.0. The Labute approximate surface area is 209 Å². The van der Waals surface area contributed by atoms with Gasteiger partial charge < -0.3 is 24.0 Å².